The summed E-state index contributed by atoms with van der Waals surface area (Å²) in [6.07, 6.45) is 1.71. The summed E-state index contributed by atoms with van der Waals surface area (Å²) in [5, 5.41) is 0. The number of rotatable bonds is 5. The Labute approximate surface area is 141 Å². The first-order valence-corrected chi connectivity index (χ1v) is 7.89. The molecule has 0 aliphatic carbocycles. The van der Waals surface area contributed by atoms with Gasteiger partial charge in [-0.15, -0.1) is 0 Å². The Morgan fingerprint density at radius 2 is 2.04 bits per heavy atom. The molecule has 0 atom stereocenters. The molecule has 0 unspecified atom stereocenters. The Hall–Kier alpha value is -2.67. The normalized spacial score (nSPS) is 15.3. The smallest absolute Gasteiger partial charge is 0.248 e. The van der Waals surface area contributed by atoms with Crippen molar-refractivity contribution in [2.45, 2.75) is 6.54 Å². The average molecular weight is 327 g/mol. The van der Waals surface area contributed by atoms with Gasteiger partial charge in [0.05, 0.1) is 7.11 Å². The maximum atomic E-state index is 11.3. The topological polar surface area (TPSA) is 84.6 Å². The quantitative estimate of drug-likeness (QED) is 0.878. The van der Waals surface area contributed by atoms with Gasteiger partial charge in [-0.2, -0.15) is 4.98 Å². The van der Waals surface area contributed by atoms with E-state index in [2.05, 4.69) is 19.8 Å². The minimum Gasteiger partial charge on any atom is -0.481 e. The van der Waals surface area contributed by atoms with Crippen LogP contribution in [-0.4, -0.2) is 54.1 Å². The van der Waals surface area contributed by atoms with Crippen molar-refractivity contribution in [1.82, 2.24) is 14.9 Å². The van der Waals surface area contributed by atoms with Crippen LogP contribution in [0.2, 0.25) is 0 Å². The van der Waals surface area contributed by atoms with E-state index in [1.54, 1.807) is 25.4 Å². The molecular formula is C17H21N5O2. The van der Waals surface area contributed by atoms with Gasteiger partial charge in [-0.05, 0) is 17.7 Å². The zero-order valence-electron chi connectivity index (χ0n) is 13.7. The van der Waals surface area contributed by atoms with Crippen LogP contribution in [0.25, 0.3) is 0 Å². The summed E-state index contributed by atoms with van der Waals surface area (Å²) in [7, 11) is 1.60. The fourth-order valence-corrected chi connectivity index (χ4v) is 2.79. The molecule has 0 bridgehead atoms. The molecule has 1 aromatic heterocycles. The number of carbonyl (C=O) groups excluding carboxylic acids is 1. The number of primary amides is 1. The molecule has 24 heavy (non-hydrogen) atoms. The summed E-state index contributed by atoms with van der Waals surface area (Å²) in [4.78, 5) is 24.5. The first-order chi connectivity index (χ1) is 11.7. The monoisotopic (exact) mass is 327 g/mol. The predicted octanol–water partition coefficient (Wildman–Crippen LogP) is 0.906. The zero-order chi connectivity index (χ0) is 16.9. The molecule has 126 valence electrons. The molecule has 0 spiro atoms. The Morgan fingerprint density at radius 1 is 1.25 bits per heavy atom. The van der Waals surface area contributed by atoms with E-state index in [1.807, 2.05) is 18.2 Å². The molecule has 1 aliphatic heterocycles. The number of ether oxygens (including phenoxy) is 1. The van der Waals surface area contributed by atoms with Crippen LogP contribution in [0, 0.1) is 0 Å². The van der Waals surface area contributed by atoms with Crippen molar-refractivity contribution in [3.63, 3.8) is 0 Å². The van der Waals surface area contributed by atoms with E-state index in [1.165, 1.54) is 0 Å². The predicted molar refractivity (Wildman–Crippen MR) is 91.0 cm³/mol. The molecule has 0 radical (unpaired) electrons. The number of benzene rings is 1. The average Bonchev–Trinajstić information content (AvgIpc) is 2.62. The third-order valence-electron chi connectivity index (χ3n) is 4.10. The van der Waals surface area contributed by atoms with Crippen molar-refractivity contribution in [3.8, 4) is 5.88 Å². The van der Waals surface area contributed by atoms with Gasteiger partial charge in [-0.25, -0.2) is 4.98 Å². The minimum atomic E-state index is -0.392. The zero-order valence-corrected chi connectivity index (χ0v) is 13.7. The lowest BCUT2D eigenvalue weighted by Gasteiger charge is -2.34. The van der Waals surface area contributed by atoms with Crippen LogP contribution in [0.1, 0.15) is 15.9 Å². The van der Waals surface area contributed by atoms with Gasteiger partial charge in [0, 0.05) is 50.6 Å². The van der Waals surface area contributed by atoms with Crippen molar-refractivity contribution >= 4 is 11.9 Å². The summed E-state index contributed by atoms with van der Waals surface area (Å²) >= 11 is 0. The van der Waals surface area contributed by atoms with Crippen molar-refractivity contribution in [1.29, 1.82) is 0 Å². The van der Waals surface area contributed by atoms with Gasteiger partial charge < -0.3 is 15.4 Å². The molecule has 1 aromatic carbocycles. The summed E-state index contributed by atoms with van der Waals surface area (Å²) in [5.74, 6) is 0.882. The van der Waals surface area contributed by atoms with E-state index in [0.29, 0.717) is 17.4 Å². The lowest BCUT2D eigenvalue weighted by atomic mass is 10.1. The van der Waals surface area contributed by atoms with E-state index in [0.717, 1.165) is 38.3 Å². The number of hydrogen-bond donors (Lipinski definition) is 1. The highest BCUT2D eigenvalue weighted by Gasteiger charge is 2.19. The fourth-order valence-electron chi connectivity index (χ4n) is 2.79. The number of nitrogens with zero attached hydrogens (tertiary/aromatic N) is 4. The molecule has 1 fully saturated rings. The Morgan fingerprint density at radius 3 is 2.75 bits per heavy atom. The van der Waals surface area contributed by atoms with E-state index in [4.69, 9.17) is 10.5 Å². The number of anilines is 1. The van der Waals surface area contributed by atoms with Crippen molar-refractivity contribution in [2.75, 3.05) is 38.2 Å². The number of carbonyl (C=O) groups is 1. The second-order valence-corrected chi connectivity index (χ2v) is 5.73. The molecule has 2 N–H and O–H groups in total. The maximum absolute atomic E-state index is 11.3. The lowest BCUT2D eigenvalue weighted by molar-refractivity contribution is 0.1000. The van der Waals surface area contributed by atoms with Crippen molar-refractivity contribution in [2.24, 2.45) is 5.73 Å². The van der Waals surface area contributed by atoms with E-state index in [-0.39, 0.29) is 0 Å². The number of aromatic nitrogens is 2. The van der Waals surface area contributed by atoms with Crippen LogP contribution in [0.3, 0.4) is 0 Å². The van der Waals surface area contributed by atoms with Crippen LogP contribution < -0.4 is 15.4 Å². The molecule has 2 heterocycles. The Kier molecular flexibility index (Phi) is 4.90. The van der Waals surface area contributed by atoms with Gasteiger partial charge in [0.2, 0.25) is 17.7 Å². The second-order valence-electron chi connectivity index (χ2n) is 5.73. The Balaban J connectivity index is 1.59. The molecule has 1 saturated heterocycles. The van der Waals surface area contributed by atoms with Crippen LogP contribution in [0.5, 0.6) is 5.88 Å². The SMILES string of the molecule is COc1ccnc(N2CCN(Cc3cccc(C(N)=O)c3)CC2)n1. The molecular weight excluding hydrogens is 306 g/mol. The van der Waals surface area contributed by atoms with Gasteiger partial charge in [0.25, 0.3) is 0 Å². The van der Waals surface area contributed by atoms with Crippen LogP contribution in [0.15, 0.2) is 36.5 Å². The first-order valence-electron chi connectivity index (χ1n) is 7.89. The highest BCUT2D eigenvalue weighted by atomic mass is 16.5. The van der Waals surface area contributed by atoms with Gasteiger partial charge in [0.1, 0.15) is 0 Å². The summed E-state index contributed by atoms with van der Waals surface area (Å²) in [6, 6.07) is 9.23. The highest BCUT2D eigenvalue weighted by Crippen LogP contribution is 2.16. The number of methoxy groups -OCH3 is 1. The van der Waals surface area contributed by atoms with Gasteiger partial charge in [-0.3, -0.25) is 9.69 Å². The van der Waals surface area contributed by atoms with Crippen LogP contribution in [0.4, 0.5) is 5.95 Å². The standard InChI is InChI=1S/C17H21N5O2/c1-24-15-5-6-19-17(20-15)22-9-7-21(8-10-22)12-13-3-2-4-14(11-13)16(18)23/h2-6,11H,7-10,12H2,1H3,(H2,18,23). The van der Waals surface area contributed by atoms with Crippen LogP contribution >= 0.6 is 0 Å². The van der Waals surface area contributed by atoms with Gasteiger partial charge in [0.15, 0.2) is 0 Å². The molecule has 1 amide bonds. The van der Waals surface area contributed by atoms with Crippen molar-refractivity contribution < 1.29 is 9.53 Å². The summed E-state index contributed by atoms with van der Waals surface area (Å²) in [6.45, 7) is 4.31. The highest BCUT2D eigenvalue weighted by molar-refractivity contribution is 5.92. The number of nitrogens with two attached hydrogens (primary N) is 1. The van der Waals surface area contributed by atoms with Gasteiger partial charge in [-0.1, -0.05) is 12.1 Å². The molecule has 2 aromatic rings. The van der Waals surface area contributed by atoms with Gasteiger partial charge >= 0.3 is 0 Å². The summed E-state index contributed by atoms with van der Waals surface area (Å²) < 4.78 is 5.15. The Bertz CT molecular complexity index is 714. The summed E-state index contributed by atoms with van der Waals surface area (Å²) in [5.41, 5.74) is 6.99. The number of amides is 1. The number of piperazine rings is 1. The van der Waals surface area contributed by atoms with E-state index in [9.17, 15) is 4.79 Å². The largest absolute Gasteiger partial charge is 0.481 e. The molecule has 3 rings (SSSR count). The second kappa shape index (κ2) is 7.27. The van der Waals surface area contributed by atoms with E-state index < -0.39 is 5.91 Å². The number of hydrogen-bond acceptors (Lipinski definition) is 6. The molecule has 7 nitrogen and oxygen atoms in total. The fraction of sp³-hybridized carbons (Fsp3) is 0.353. The third kappa shape index (κ3) is 3.80. The molecule has 0 saturated carbocycles. The maximum Gasteiger partial charge on any atom is 0.248 e. The lowest BCUT2D eigenvalue weighted by Crippen LogP contribution is -2.46. The minimum absolute atomic E-state index is 0.392. The van der Waals surface area contributed by atoms with Crippen molar-refractivity contribution in [3.05, 3.63) is 47.7 Å². The third-order valence-corrected chi connectivity index (χ3v) is 4.10. The van der Waals surface area contributed by atoms with E-state index >= 15 is 0 Å². The molecule has 1 aliphatic rings. The molecule has 7 heteroatoms. The first kappa shape index (κ1) is 16.2. The van der Waals surface area contributed by atoms with Crippen LogP contribution in [-0.2, 0) is 6.54 Å².